The van der Waals surface area contributed by atoms with Crippen LogP contribution in [0.2, 0.25) is 0 Å². The molecule has 1 heterocycles. The van der Waals surface area contributed by atoms with Crippen molar-refractivity contribution in [2.24, 2.45) is 0 Å². The van der Waals surface area contributed by atoms with E-state index in [0.29, 0.717) is 19.6 Å². The van der Waals surface area contributed by atoms with Gasteiger partial charge in [0.25, 0.3) is 0 Å². The van der Waals surface area contributed by atoms with E-state index in [1.807, 2.05) is 0 Å². The standard InChI is InChI=1S/C6H12O4S/c1-9-6(5-11(7)8)2-3-10-4-6/h2-5H2,1H3,(H,7,8). The van der Waals surface area contributed by atoms with Crippen molar-refractivity contribution >= 4 is 11.1 Å². The summed E-state index contributed by atoms with van der Waals surface area (Å²) in [4.78, 5) is 0. The van der Waals surface area contributed by atoms with Gasteiger partial charge in [0.05, 0.1) is 12.4 Å². The van der Waals surface area contributed by atoms with E-state index in [1.54, 1.807) is 7.11 Å². The minimum absolute atomic E-state index is 0.142. The smallest absolute Gasteiger partial charge is 0.155 e. The van der Waals surface area contributed by atoms with E-state index < -0.39 is 16.7 Å². The molecule has 1 N–H and O–H groups in total. The maximum absolute atomic E-state index is 10.5. The van der Waals surface area contributed by atoms with Crippen molar-refractivity contribution in [1.82, 2.24) is 0 Å². The van der Waals surface area contributed by atoms with Gasteiger partial charge in [0.1, 0.15) is 5.60 Å². The normalized spacial score (nSPS) is 34.0. The van der Waals surface area contributed by atoms with Gasteiger partial charge < -0.3 is 14.0 Å². The van der Waals surface area contributed by atoms with Crippen LogP contribution in [0, 0.1) is 0 Å². The predicted octanol–water partition coefficient (Wildman–Crippen LogP) is 0.0136. The maximum atomic E-state index is 10.5. The molecule has 4 nitrogen and oxygen atoms in total. The summed E-state index contributed by atoms with van der Waals surface area (Å²) in [6.07, 6.45) is 0.704. The van der Waals surface area contributed by atoms with Crippen molar-refractivity contribution in [3.8, 4) is 0 Å². The molecule has 11 heavy (non-hydrogen) atoms. The summed E-state index contributed by atoms with van der Waals surface area (Å²) in [6.45, 7) is 1.04. The summed E-state index contributed by atoms with van der Waals surface area (Å²) in [5, 5.41) is 0. The van der Waals surface area contributed by atoms with Gasteiger partial charge in [-0.3, -0.25) is 0 Å². The van der Waals surface area contributed by atoms with Crippen molar-refractivity contribution in [2.45, 2.75) is 12.0 Å². The lowest BCUT2D eigenvalue weighted by Gasteiger charge is -2.23. The van der Waals surface area contributed by atoms with Crippen LogP contribution < -0.4 is 0 Å². The molecule has 0 aliphatic carbocycles. The quantitative estimate of drug-likeness (QED) is 0.622. The van der Waals surface area contributed by atoms with Crippen LogP contribution in [-0.2, 0) is 20.6 Å². The van der Waals surface area contributed by atoms with Gasteiger partial charge in [0.15, 0.2) is 11.1 Å². The Morgan fingerprint density at radius 1 is 1.82 bits per heavy atom. The molecule has 0 saturated carbocycles. The molecule has 66 valence electrons. The Kier molecular flexibility index (Phi) is 3.00. The molecule has 1 saturated heterocycles. The highest BCUT2D eigenvalue weighted by atomic mass is 32.2. The first-order chi connectivity index (χ1) is 5.18. The van der Waals surface area contributed by atoms with Crippen molar-refractivity contribution in [1.29, 1.82) is 0 Å². The molecule has 0 radical (unpaired) electrons. The summed E-state index contributed by atoms with van der Waals surface area (Å²) in [6, 6.07) is 0. The summed E-state index contributed by atoms with van der Waals surface area (Å²) in [5.74, 6) is 0.142. The lowest BCUT2D eigenvalue weighted by molar-refractivity contribution is 0.000941. The van der Waals surface area contributed by atoms with E-state index in [-0.39, 0.29) is 5.75 Å². The highest BCUT2D eigenvalue weighted by Gasteiger charge is 2.36. The van der Waals surface area contributed by atoms with Crippen LogP contribution in [0.4, 0.5) is 0 Å². The molecule has 0 bridgehead atoms. The second-order valence-electron chi connectivity index (χ2n) is 2.66. The first-order valence-electron chi connectivity index (χ1n) is 3.39. The van der Waals surface area contributed by atoms with Crippen LogP contribution in [0.3, 0.4) is 0 Å². The van der Waals surface area contributed by atoms with Crippen LogP contribution in [0.15, 0.2) is 0 Å². The summed E-state index contributed by atoms with van der Waals surface area (Å²) >= 11 is -1.80. The number of rotatable bonds is 3. The number of hydrogen-bond acceptors (Lipinski definition) is 3. The average Bonchev–Trinajstić information content (AvgIpc) is 2.36. The fourth-order valence-corrected chi connectivity index (χ4v) is 1.94. The van der Waals surface area contributed by atoms with Crippen LogP contribution in [0.1, 0.15) is 6.42 Å². The number of ether oxygens (including phenoxy) is 2. The second kappa shape index (κ2) is 3.62. The van der Waals surface area contributed by atoms with E-state index in [1.165, 1.54) is 0 Å². The van der Waals surface area contributed by atoms with E-state index >= 15 is 0 Å². The molecule has 1 fully saturated rings. The summed E-state index contributed by atoms with van der Waals surface area (Å²) in [5.41, 5.74) is -0.514. The van der Waals surface area contributed by atoms with Crippen molar-refractivity contribution in [2.75, 3.05) is 26.1 Å². The third-order valence-corrected chi connectivity index (χ3v) is 2.66. The molecule has 1 aliphatic heterocycles. The maximum Gasteiger partial charge on any atom is 0.155 e. The van der Waals surface area contributed by atoms with Crippen molar-refractivity contribution in [3.63, 3.8) is 0 Å². The minimum Gasteiger partial charge on any atom is -0.378 e. The van der Waals surface area contributed by atoms with E-state index in [0.717, 1.165) is 0 Å². The van der Waals surface area contributed by atoms with Crippen LogP contribution in [-0.4, -0.2) is 40.4 Å². The molecule has 0 aromatic rings. The largest absolute Gasteiger partial charge is 0.378 e. The average molecular weight is 180 g/mol. The van der Waals surface area contributed by atoms with E-state index in [4.69, 9.17) is 14.0 Å². The number of methoxy groups -OCH3 is 1. The molecule has 0 aromatic heterocycles. The highest BCUT2D eigenvalue weighted by Crippen LogP contribution is 2.22. The molecule has 0 spiro atoms. The SMILES string of the molecule is COC1(CS(=O)O)CCOC1. The van der Waals surface area contributed by atoms with E-state index in [9.17, 15) is 4.21 Å². The molecule has 0 amide bonds. The number of hydrogen-bond donors (Lipinski definition) is 1. The molecule has 1 aliphatic rings. The first kappa shape index (κ1) is 9.12. The van der Waals surface area contributed by atoms with Gasteiger partial charge in [-0.1, -0.05) is 0 Å². The Morgan fingerprint density at radius 3 is 2.91 bits per heavy atom. The first-order valence-corrected chi connectivity index (χ1v) is 4.66. The lowest BCUT2D eigenvalue weighted by atomic mass is 10.1. The Labute approximate surface area is 68.2 Å². The van der Waals surface area contributed by atoms with Gasteiger partial charge in [-0.05, 0) is 0 Å². The molecule has 1 rings (SSSR count). The topological polar surface area (TPSA) is 55.8 Å². The molecular formula is C6H12O4S. The fraction of sp³-hybridized carbons (Fsp3) is 1.00. The zero-order valence-electron chi connectivity index (χ0n) is 6.41. The third-order valence-electron chi connectivity index (χ3n) is 1.89. The second-order valence-corrected chi connectivity index (χ2v) is 3.59. The van der Waals surface area contributed by atoms with E-state index in [2.05, 4.69) is 0 Å². The zero-order chi connectivity index (χ0) is 8.32. The Hall–Kier alpha value is 0.0300. The zero-order valence-corrected chi connectivity index (χ0v) is 7.23. The Bertz CT molecular complexity index is 153. The fourth-order valence-electron chi connectivity index (χ4n) is 1.15. The van der Waals surface area contributed by atoms with Gasteiger partial charge in [-0.2, -0.15) is 0 Å². The highest BCUT2D eigenvalue weighted by molar-refractivity contribution is 7.79. The van der Waals surface area contributed by atoms with Crippen molar-refractivity contribution in [3.05, 3.63) is 0 Å². The lowest BCUT2D eigenvalue weighted by Crippen LogP contribution is -2.37. The van der Waals surface area contributed by atoms with Crippen LogP contribution in [0.25, 0.3) is 0 Å². The molecular weight excluding hydrogens is 168 g/mol. The molecule has 2 unspecified atom stereocenters. The summed E-state index contributed by atoms with van der Waals surface area (Å²) < 4.78 is 29.4. The molecule has 2 atom stereocenters. The van der Waals surface area contributed by atoms with Gasteiger partial charge in [-0.25, -0.2) is 4.21 Å². The van der Waals surface area contributed by atoms with Crippen molar-refractivity contribution < 1.29 is 18.2 Å². The predicted molar refractivity (Wildman–Crippen MR) is 40.8 cm³/mol. The monoisotopic (exact) mass is 180 g/mol. The third kappa shape index (κ3) is 2.23. The summed E-state index contributed by atoms with van der Waals surface area (Å²) in [7, 11) is 1.54. The van der Waals surface area contributed by atoms with Gasteiger partial charge in [0, 0.05) is 20.1 Å². The minimum atomic E-state index is -1.80. The van der Waals surface area contributed by atoms with Crippen LogP contribution in [0.5, 0.6) is 0 Å². The molecule has 5 heteroatoms. The van der Waals surface area contributed by atoms with Gasteiger partial charge in [0.2, 0.25) is 0 Å². The van der Waals surface area contributed by atoms with Gasteiger partial charge in [-0.15, -0.1) is 0 Å². The Morgan fingerprint density at radius 2 is 2.55 bits per heavy atom. The Balaban J connectivity index is 2.52. The van der Waals surface area contributed by atoms with Gasteiger partial charge >= 0.3 is 0 Å². The molecule has 0 aromatic carbocycles. The van der Waals surface area contributed by atoms with Crippen LogP contribution >= 0.6 is 0 Å².